The van der Waals surface area contributed by atoms with Gasteiger partial charge in [0.05, 0.1) is 25.4 Å². The molecule has 0 aliphatic carbocycles. The molecule has 0 saturated heterocycles. The van der Waals surface area contributed by atoms with Crippen LogP contribution >= 0.6 is 0 Å². The Bertz CT molecular complexity index is 1320. The number of unbranched alkanes of at least 4 members (excludes halogenated alkanes) is 43. The maximum absolute atomic E-state index is 12.5. The minimum absolute atomic E-state index is 0.00449. The van der Waals surface area contributed by atoms with Crippen LogP contribution in [0.25, 0.3) is 0 Å². The zero-order valence-electron chi connectivity index (χ0n) is 50.7. The van der Waals surface area contributed by atoms with Gasteiger partial charge in [-0.3, -0.25) is 9.59 Å². The average Bonchev–Trinajstić information content (AvgIpc) is 3.42. The summed E-state index contributed by atoms with van der Waals surface area (Å²) in [4.78, 5) is 24.6. The van der Waals surface area contributed by atoms with E-state index in [2.05, 4.69) is 67.8 Å². The molecule has 2 atom stereocenters. The van der Waals surface area contributed by atoms with Gasteiger partial charge in [0, 0.05) is 12.8 Å². The number of aliphatic hydroxyl groups excluding tert-OH is 2. The summed E-state index contributed by atoms with van der Waals surface area (Å²) in [6.07, 6.45) is 85.6. The molecule has 0 aliphatic rings. The number of carbonyl (C=O) groups excluding carboxylic acids is 2. The number of hydrogen-bond donors (Lipinski definition) is 3. The van der Waals surface area contributed by atoms with Crippen molar-refractivity contribution >= 4 is 11.9 Å². The van der Waals surface area contributed by atoms with Gasteiger partial charge in [0.25, 0.3) is 0 Å². The average molecular weight is 1060 g/mol. The van der Waals surface area contributed by atoms with E-state index in [0.29, 0.717) is 19.4 Å². The van der Waals surface area contributed by atoms with Crippen molar-refractivity contribution < 1.29 is 24.5 Å². The molecule has 0 aliphatic heterocycles. The SMILES string of the molecule is CCCCC/C=C\C/C=C\CCCCCCCCCCCC(=O)OCCCCCCCCCCC/C=C\C/C=C\CCCCCCCCCCCC(=O)NC(CO)C(O)/C=C/CCCCCCCCCCCCCCC. The molecule has 2 unspecified atom stereocenters. The van der Waals surface area contributed by atoms with Crippen molar-refractivity contribution in [3.8, 4) is 0 Å². The first-order chi connectivity index (χ1) is 37.5. The van der Waals surface area contributed by atoms with Crippen LogP contribution in [0.2, 0.25) is 0 Å². The topological polar surface area (TPSA) is 95.9 Å². The van der Waals surface area contributed by atoms with Gasteiger partial charge in [0.1, 0.15) is 0 Å². The second-order valence-electron chi connectivity index (χ2n) is 22.8. The number of amides is 1. The highest BCUT2D eigenvalue weighted by Crippen LogP contribution is 2.17. The van der Waals surface area contributed by atoms with Gasteiger partial charge >= 0.3 is 5.97 Å². The van der Waals surface area contributed by atoms with Crippen LogP contribution in [-0.4, -0.2) is 47.4 Å². The van der Waals surface area contributed by atoms with Crippen LogP contribution < -0.4 is 5.32 Å². The first-order valence-corrected chi connectivity index (χ1v) is 33.6. The molecule has 0 aromatic rings. The fourth-order valence-electron chi connectivity index (χ4n) is 10.1. The Morgan fingerprint density at radius 2 is 0.658 bits per heavy atom. The zero-order chi connectivity index (χ0) is 55.0. The summed E-state index contributed by atoms with van der Waals surface area (Å²) in [5.41, 5.74) is 0. The summed E-state index contributed by atoms with van der Waals surface area (Å²) in [6.45, 7) is 4.88. The first kappa shape index (κ1) is 73.6. The molecule has 1 amide bonds. The molecule has 0 heterocycles. The summed E-state index contributed by atoms with van der Waals surface area (Å²) in [5.74, 6) is -0.0691. The van der Waals surface area contributed by atoms with Crippen LogP contribution in [0.15, 0.2) is 60.8 Å². The largest absolute Gasteiger partial charge is 0.466 e. The van der Waals surface area contributed by atoms with Gasteiger partial charge in [-0.25, -0.2) is 0 Å². The molecular formula is C70H129NO5. The lowest BCUT2D eigenvalue weighted by Gasteiger charge is -2.20. The third-order valence-electron chi connectivity index (χ3n) is 15.3. The number of hydrogen-bond acceptors (Lipinski definition) is 5. The summed E-state index contributed by atoms with van der Waals surface area (Å²) in [7, 11) is 0. The second kappa shape index (κ2) is 65.1. The summed E-state index contributed by atoms with van der Waals surface area (Å²) < 4.78 is 5.50. The van der Waals surface area contributed by atoms with Crippen molar-refractivity contribution in [3.63, 3.8) is 0 Å². The molecule has 0 saturated carbocycles. The predicted molar refractivity (Wildman–Crippen MR) is 333 cm³/mol. The molecule has 6 nitrogen and oxygen atoms in total. The van der Waals surface area contributed by atoms with Gasteiger partial charge in [-0.05, 0) is 96.3 Å². The monoisotopic (exact) mass is 1060 g/mol. The second-order valence-corrected chi connectivity index (χ2v) is 22.8. The lowest BCUT2D eigenvalue weighted by molar-refractivity contribution is -0.143. The molecule has 0 radical (unpaired) electrons. The lowest BCUT2D eigenvalue weighted by Crippen LogP contribution is -2.45. The Kier molecular flexibility index (Phi) is 63.0. The number of nitrogens with one attached hydrogen (secondary N) is 1. The number of carbonyl (C=O) groups is 2. The smallest absolute Gasteiger partial charge is 0.305 e. The Balaban J connectivity index is 3.44. The van der Waals surface area contributed by atoms with Crippen molar-refractivity contribution in [3.05, 3.63) is 60.8 Å². The van der Waals surface area contributed by atoms with Crippen molar-refractivity contribution in [2.45, 2.75) is 360 Å². The van der Waals surface area contributed by atoms with Crippen molar-refractivity contribution in [2.24, 2.45) is 0 Å². The van der Waals surface area contributed by atoms with Gasteiger partial charge in [0.2, 0.25) is 5.91 Å². The van der Waals surface area contributed by atoms with Crippen LogP contribution in [0.1, 0.15) is 348 Å². The van der Waals surface area contributed by atoms with E-state index >= 15 is 0 Å². The quantitative estimate of drug-likeness (QED) is 0.0320. The van der Waals surface area contributed by atoms with Gasteiger partial charge in [-0.1, -0.05) is 299 Å². The fraction of sp³-hybridized carbons (Fsp3) is 0.829. The molecule has 0 fully saturated rings. The maximum Gasteiger partial charge on any atom is 0.305 e. The van der Waals surface area contributed by atoms with E-state index in [4.69, 9.17) is 4.74 Å². The molecule has 76 heavy (non-hydrogen) atoms. The minimum atomic E-state index is -0.849. The highest BCUT2D eigenvalue weighted by Gasteiger charge is 2.18. The normalized spacial score (nSPS) is 12.9. The van der Waals surface area contributed by atoms with Crippen LogP contribution in [0.5, 0.6) is 0 Å². The molecule has 3 N–H and O–H groups in total. The van der Waals surface area contributed by atoms with E-state index in [-0.39, 0.29) is 18.5 Å². The van der Waals surface area contributed by atoms with Gasteiger partial charge in [0.15, 0.2) is 0 Å². The Morgan fingerprint density at radius 1 is 0.368 bits per heavy atom. The number of rotatable bonds is 62. The molecule has 0 rings (SSSR count). The summed E-state index contributed by atoms with van der Waals surface area (Å²) >= 11 is 0. The van der Waals surface area contributed by atoms with E-state index < -0.39 is 12.1 Å². The third kappa shape index (κ3) is 60.8. The lowest BCUT2D eigenvalue weighted by atomic mass is 10.0. The van der Waals surface area contributed by atoms with E-state index in [9.17, 15) is 19.8 Å². The Labute approximate surface area is 473 Å². The highest BCUT2D eigenvalue weighted by molar-refractivity contribution is 5.76. The van der Waals surface area contributed by atoms with E-state index in [0.717, 1.165) is 57.8 Å². The van der Waals surface area contributed by atoms with E-state index in [1.807, 2.05) is 6.08 Å². The fourth-order valence-corrected chi connectivity index (χ4v) is 10.1. The summed E-state index contributed by atoms with van der Waals surface area (Å²) in [5, 5.41) is 23.1. The number of ether oxygens (including phenoxy) is 1. The molecule has 6 heteroatoms. The van der Waals surface area contributed by atoms with Gasteiger partial charge in [-0.2, -0.15) is 0 Å². The number of esters is 1. The molecule has 444 valence electrons. The molecule has 0 spiro atoms. The third-order valence-corrected chi connectivity index (χ3v) is 15.3. The summed E-state index contributed by atoms with van der Waals surface area (Å²) in [6, 6.07) is -0.634. The van der Waals surface area contributed by atoms with Gasteiger partial charge < -0.3 is 20.3 Å². The minimum Gasteiger partial charge on any atom is -0.466 e. The Hall–Kier alpha value is -2.44. The van der Waals surface area contributed by atoms with E-state index in [1.54, 1.807) is 6.08 Å². The standard InChI is InChI=1S/C70H129NO5/c1-3-5-7-9-11-13-15-17-19-20-28-32-36-40-44-48-52-56-60-64-70(75)76-65-61-57-53-49-45-41-37-33-30-27-25-23-21-22-24-26-29-31-35-39-43-47-51-55-59-63-69(74)71-67(66-72)68(73)62-58-54-50-46-42-38-34-18-16-14-12-10-8-6-4-2/h11,13,17,19,22-25,58,62,67-68,72-73H,3-10,12,14-16,18,20-21,26-57,59-61,63-66H2,1-2H3,(H,71,74)/b13-11-,19-17-,24-22-,25-23-,62-58+. The maximum atomic E-state index is 12.5. The van der Waals surface area contributed by atoms with Crippen molar-refractivity contribution in [2.75, 3.05) is 13.2 Å². The van der Waals surface area contributed by atoms with Crippen LogP contribution in [0, 0.1) is 0 Å². The molecule has 0 bridgehead atoms. The van der Waals surface area contributed by atoms with Crippen LogP contribution in [-0.2, 0) is 14.3 Å². The van der Waals surface area contributed by atoms with Crippen LogP contribution in [0.4, 0.5) is 0 Å². The number of aliphatic hydroxyl groups is 2. The van der Waals surface area contributed by atoms with Crippen LogP contribution in [0.3, 0.4) is 0 Å². The van der Waals surface area contributed by atoms with Crippen molar-refractivity contribution in [1.82, 2.24) is 5.32 Å². The molecule has 0 aromatic carbocycles. The Morgan fingerprint density at radius 3 is 1.03 bits per heavy atom. The van der Waals surface area contributed by atoms with E-state index in [1.165, 1.54) is 263 Å². The first-order valence-electron chi connectivity index (χ1n) is 33.6. The predicted octanol–water partition coefficient (Wildman–Crippen LogP) is 21.5. The highest BCUT2D eigenvalue weighted by atomic mass is 16.5. The zero-order valence-corrected chi connectivity index (χ0v) is 50.7. The van der Waals surface area contributed by atoms with Gasteiger partial charge in [-0.15, -0.1) is 0 Å². The number of allylic oxidation sites excluding steroid dienone is 9. The molecule has 0 aromatic heterocycles. The van der Waals surface area contributed by atoms with Crippen molar-refractivity contribution in [1.29, 1.82) is 0 Å². The molecular weight excluding hydrogens is 935 g/mol.